The van der Waals surface area contributed by atoms with Crippen molar-refractivity contribution >= 4 is 11.9 Å². The number of carbonyl (C=O) groups excluding carboxylic acids is 1. The van der Waals surface area contributed by atoms with Gasteiger partial charge in [-0.1, -0.05) is 13.3 Å². The van der Waals surface area contributed by atoms with E-state index in [0.717, 1.165) is 38.8 Å². The van der Waals surface area contributed by atoms with Gasteiger partial charge in [-0.2, -0.15) is 0 Å². The summed E-state index contributed by atoms with van der Waals surface area (Å²) in [6.45, 7) is 7.47. The third-order valence-corrected chi connectivity index (χ3v) is 4.02. The van der Waals surface area contributed by atoms with Crippen molar-refractivity contribution < 1.29 is 14.7 Å². The van der Waals surface area contributed by atoms with Crippen molar-refractivity contribution in [1.82, 2.24) is 10.2 Å². The Balaban J connectivity index is 2.22. The predicted molar refractivity (Wildman–Crippen MR) is 78.5 cm³/mol. The maximum absolute atomic E-state index is 12.1. The fourth-order valence-electron chi connectivity index (χ4n) is 2.65. The Morgan fingerprint density at radius 3 is 2.30 bits per heavy atom. The summed E-state index contributed by atoms with van der Waals surface area (Å²) < 4.78 is 0. The molecule has 20 heavy (non-hydrogen) atoms. The van der Waals surface area contributed by atoms with E-state index >= 15 is 0 Å². The number of hydrogen-bond donors (Lipinski definition) is 2. The van der Waals surface area contributed by atoms with Crippen LogP contribution in [0.4, 0.5) is 0 Å². The van der Waals surface area contributed by atoms with E-state index in [2.05, 4.69) is 12.2 Å². The molecule has 0 aliphatic carbocycles. The highest BCUT2D eigenvalue weighted by molar-refractivity contribution is 5.81. The number of aliphatic carboxylic acids is 1. The van der Waals surface area contributed by atoms with E-state index in [0.29, 0.717) is 6.42 Å². The molecule has 1 rings (SSSR count). The van der Waals surface area contributed by atoms with Crippen LogP contribution in [0.5, 0.6) is 0 Å². The first-order chi connectivity index (χ1) is 9.41. The van der Waals surface area contributed by atoms with E-state index in [4.69, 9.17) is 5.11 Å². The Bertz CT molecular complexity index is 327. The Morgan fingerprint density at radius 1 is 1.15 bits per heavy atom. The molecule has 1 aliphatic rings. The Morgan fingerprint density at radius 2 is 1.75 bits per heavy atom. The Labute approximate surface area is 121 Å². The molecule has 0 aromatic heterocycles. The van der Waals surface area contributed by atoms with Gasteiger partial charge < -0.3 is 15.3 Å². The van der Waals surface area contributed by atoms with Crippen molar-refractivity contribution in [2.45, 2.75) is 65.0 Å². The molecule has 1 saturated heterocycles. The molecule has 1 fully saturated rings. The van der Waals surface area contributed by atoms with Crippen molar-refractivity contribution in [1.29, 1.82) is 0 Å². The molecule has 0 aromatic carbocycles. The quantitative estimate of drug-likeness (QED) is 0.714. The van der Waals surface area contributed by atoms with E-state index in [-0.39, 0.29) is 23.9 Å². The van der Waals surface area contributed by atoms with Crippen LogP contribution in [0.15, 0.2) is 0 Å². The first-order valence-electron chi connectivity index (χ1n) is 7.69. The number of carbonyl (C=O) groups is 2. The second-order valence-corrected chi connectivity index (χ2v) is 5.99. The highest BCUT2D eigenvalue weighted by atomic mass is 16.4. The molecule has 3 atom stereocenters. The lowest BCUT2D eigenvalue weighted by atomic mass is 10.0. The normalized spacial score (nSPS) is 19.6. The molecule has 5 heteroatoms. The van der Waals surface area contributed by atoms with Crippen LogP contribution in [0, 0.1) is 5.92 Å². The summed E-state index contributed by atoms with van der Waals surface area (Å²) in [6, 6.07) is 0.0811. The number of rotatable bonds is 8. The molecule has 2 N–H and O–H groups in total. The van der Waals surface area contributed by atoms with Gasteiger partial charge in [0, 0.05) is 19.1 Å². The molecule has 0 radical (unpaired) electrons. The second-order valence-electron chi connectivity index (χ2n) is 5.99. The largest absolute Gasteiger partial charge is 0.481 e. The molecule has 0 bridgehead atoms. The third kappa shape index (κ3) is 5.49. The summed E-state index contributed by atoms with van der Waals surface area (Å²) in [5, 5.41) is 12.1. The smallest absolute Gasteiger partial charge is 0.306 e. The molecule has 1 heterocycles. The van der Waals surface area contributed by atoms with Crippen LogP contribution in [0.2, 0.25) is 0 Å². The van der Waals surface area contributed by atoms with E-state index in [1.54, 1.807) is 6.92 Å². The first kappa shape index (κ1) is 17.0. The van der Waals surface area contributed by atoms with Gasteiger partial charge in [-0.05, 0) is 39.5 Å². The van der Waals surface area contributed by atoms with Crippen LogP contribution in [-0.2, 0) is 9.59 Å². The Hall–Kier alpha value is -1.10. The van der Waals surface area contributed by atoms with E-state index in [1.807, 2.05) is 11.8 Å². The SMILES string of the molecule is CC(CCCC(C)C(=O)O)NC(C)C(=O)N1CCCC1. The topological polar surface area (TPSA) is 69.6 Å². The maximum Gasteiger partial charge on any atom is 0.306 e. The van der Waals surface area contributed by atoms with Crippen LogP contribution in [0.3, 0.4) is 0 Å². The standard InChI is InChI=1S/C15H28N2O3/c1-11(15(19)20)7-6-8-12(2)16-13(3)14(18)17-9-4-5-10-17/h11-13,16H,4-10H2,1-3H3,(H,19,20). The Kier molecular flexibility index (Phi) is 6.99. The fourth-order valence-corrected chi connectivity index (χ4v) is 2.65. The molecule has 0 aromatic rings. The molecule has 1 aliphatic heterocycles. The van der Waals surface area contributed by atoms with Gasteiger partial charge in [0.2, 0.25) is 5.91 Å². The summed E-state index contributed by atoms with van der Waals surface area (Å²) in [5.74, 6) is -0.831. The van der Waals surface area contributed by atoms with E-state index in [9.17, 15) is 9.59 Å². The van der Waals surface area contributed by atoms with Crippen molar-refractivity contribution in [2.75, 3.05) is 13.1 Å². The number of hydrogen-bond acceptors (Lipinski definition) is 3. The lowest BCUT2D eigenvalue weighted by Crippen LogP contribution is -2.46. The van der Waals surface area contributed by atoms with Gasteiger partial charge in [0.05, 0.1) is 12.0 Å². The maximum atomic E-state index is 12.1. The molecule has 5 nitrogen and oxygen atoms in total. The number of likely N-dealkylation sites (tertiary alicyclic amines) is 1. The van der Waals surface area contributed by atoms with Crippen LogP contribution < -0.4 is 5.32 Å². The number of amides is 1. The summed E-state index contributed by atoms with van der Waals surface area (Å²) in [4.78, 5) is 24.8. The average Bonchev–Trinajstić information content (AvgIpc) is 2.91. The van der Waals surface area contributed by atoms with Crippen LogP contribution in [0.25, 0.3) is 0 Å². The highest BCUT2D eigenvalue weighted by Gasteiger charge is 2.23. The number of carboxylic acids is 1. The number of carboxylic acid groups (broad SMARTS) is 1. The van der Waals surface area contributed by atoms with Gasteiger partial charge in [-0.3, -0.25) is 9.59 Å². The van der Waals surface area contributed by atoms with Crippen LogP contribution in [0.1, 0.15) is 52.9 Å². The number of nitrogens with zero attached hydrogens (tertiary/aromatic N) is 1. The highest BCUT2D eigenvalue weighted by Crippen LogP contribution is 2.12. The summed E-state index contributed by atoms with van der Waals surface area (Å²) in [6.07, 6.45) is 4.68. The summed E-state index contributed by atoms with van der Waals surface area (Å²) >= 11 is 0. The van der Waals surface area contributed by atoms with Crippen molar-refractivity contribution in [3.63, 3.8) is 0 Å². The summed E-state index contributed by atoms with van der Waals surface area (Å²) in [5.41, 5.74) is 0. The minimum absolute atomic E-state index is 0.153. The molecular weight excluding hydrogens is 256 g/mol. The van der Waals surface area contributed by atoms with Gasteiger partial charge in [0.15, 0.2) is 0 Å². The monoisotopic (exact) mass is 284 g/mol. The zero-order valence-corrected chi connectivity index (χ0v) is 12.9. The van der Waals surface area contributed by atoms with Gasteiger partial charge in [-0.15, -0.1) is 0 Å². The van der Waals surface area contributed by atoms with Crippen molar-refractivity contribution in [3.05, 3.63) is 0 Å². The molecular formula is C15H28N2O3. The lowest BCUT2D eigenvalue weighted by molar-refractivity contribution is -0.141. The fraction of sp³-hybridized carbons (Fsp3) is 0.867. The van der Waals surface area contributed by atoms with Crippen LogP contribution in [-0.4, -0.2) is 47.1 Å². The number of nitrogens with one attached hydrogen (secondary N) is 1. The van der Waals surface area contributed by atoms with Gasteiger partial charge in [0.25, 0.3) is 0 Å². The minimum Gasteiger partial charge on any atom is -0.481 e. The minimum atomic E-state index is -0.733. The van der Waals surface area contributed by atoms with E-state index in [1.165, 1.54) is 0 Å². The molecule has 116 valence electrons. The predicted octanol–water partition coefficient (Wildman–Crippen LogP) is 1.87. The van der Waals surface area contributed by atoms with Crippen LogP contribution >= 0.6 is 0 Å². The molecule has 3 unspecified atom stereocenters. The zero-order valence-electron chi connectivity index (χ0n) is 12.9. The van der Waals surface area contributed by atoms with Gasteiger partial charge >= 0.3 is 5.97 Å². The molecule has 0 spiro atoms. The zero-order chi connectivity index (χ0) is 15.1. The molecule has 1 amide bonds. The first-order valence-corrected chi connectivity index (χ1v) is 7.69. The van der Waals surface area contributed by atoms with Gasteiger partial charge in [-0.25, -0.2) is 0 Å². The molecule has 0 saturated carbocycles. The van der Waals surface area contributed by atoms with Crippen molar-refractivity contribution in [2.24, 2.45) is 5.92 Å². The summed E-state index contributed by atoms with van der Waals surface area (Å²) in [7, 11) is 0. The van der Waals surface area contributed by atoms with Gasteiger partial charge in [0.1, 0.15) is 0 Å². The lowest BCUT2D eigenvalue weighted by Gasteiger charge is -2.24. The second kappa shape index (κ2) is 8.25. The van der Waals surface area contributed by atoms with Crippen molar-refractivity contribution in [3.8, 4) is 0 Å². The third-order valence-electron chi connectivity index (χ3n) is 4.02. The van der Waals surface area contributed by atoms with E-state index < -0.39 is 5.97 Å². The average molecular weight is 284 g/mol.